The van der Waals surface area contributed by atoms with Crippen LogP contribution in [0.1, 0.15) is 52.9 Å². The van der Waals surface area contributed by atoms with E-state index in [-0.39, 0.29) is 0 Å². The Morgan fingerprint density at radius 3 is 2.22 bits per heavy atom. The van der Waals surface area contributed by atoms with Gasteiger partial charge in [0.1, 0.15) is 0 Å². The molecule has 18 heavy (non-hydrogen) atoms. The first-order valence-corrected chi connectivity index (χ1v) is 7.72. The molecule has 1 rings (SSSR count). The molecule has 0 spiro atoms. The molecule has 3 nitrogen and oxygen atoms in total. The van der Waals surface area contributed by atoms with E-state index in [2.05, 4.69) is 31.0 Å². The number of nitrogens with one attached hydrogen (secondary N) is 1. The lowest BCUT2D eigenvalue weighted by molar-refractivity contribution is 0.0260. The molecule has 1 aliphatic rings. The number of rotatable bonds is 9. The average molecular weight is 256 g/mol. The fourth-order valence-corrected chi connectivity index (χ4v) is 3.61. The normalized spacial score (nSPS) is 20.5. The molecular weight excluding hydrogens is 224 g/mol. The van der Waals surface area contributed by atoms with Crippen molar-refractivity contribution in [3.63, 3.8) is 0 Å². The summed E-state index contributed by atoms with van der Waals surface area (Å²) in [5, 5.41) is 3.74. The van der Waals surface area contributed by atoms with E-state index in [1.807, 2.05) is 7.11 Å². The summed E-state index contributed by atoms with van der Waals surface area (Å²) in [7, 11) is 1.82. The van der Waals surface area contributed by atoms with Crippen LogP contribution in [0.5, 0.6) is 0 Å². The maximum absolute atomic E-state index is 5.49. The Labute approximate surface area is 113 Å². The van der Waals surface area contributed by atoms with Crippen molar-refractivity contribution < 1.29 is 4.74 Å². The first-order chi connectivity index (χ1) is 8.75. The van der Waals surface area contributed by atoms with Crippen LogP contribution >= 0.6 is 0 Å². The number of nitrogens with zero attached hydrogens (tertiary/aromatic N) is 1. The Morgan fingerprint density at radius 2 is 1.78 bits per heavy atom. The van der Waals surface area contributed by atoms with Gasteiger partial charge in [0.2, 0.25) is 0 Å². The molecule has 0 aliphatic heterocycles. The Morgan fingerprint density at radius 1 is 1.17 bits per heavy atom. The molecule has 0 radical (unpaired) electrons. The van der Waals surface area contributed by atoms with Gasteiger partial charge in [-0.3, -0.25) is 4.90 Å². The Kier molecular flexibility index (Phi) is 7.20. The van der Waals surface area contributed by atoms with Crippen LogP contribution in [-0.2, 0) is 4.74 Å². The van der Waals surface area contributed by atoms with Crippen molar-refractivity contribution in [2.75, 3.05) is 33.4 Å². The van der Waals surface area contributed by atoms with Crippen LogP contribution < -0.4 is 5.32 Å². The van der Waals surface area contributed by atoms with E-state index in [1.54, 1.807) is 0 Å². The first-order valence-electron chi connectivity index (χ1n) is 7.72. The van der Waals surface area contributed by atoms with Gasteiger partial charge < -0.3 is 10.1 Å². The molecule has 0 bridgehead atoms. The van der Waals surface area contributed by atoms with Crippen molar-refractivity contribution in [3.05, 3.63) is 0 Å². The summed E-state index contributed by atoms with van der Waals surface area (Å²) in [6.45, 7) is 11.0. The highest BCUT2D eigenvalue weighted by atomic mass is 16.5. The van der Waals surface area contributed by atoms with E-state index in [9.17, 15) is 0 Å². The Hall–Kier alpha value is -0.120. The molecule has 0 aromatic heterocycles. The molecule has 1 fully saturated rings. The lowest BCUT2D eigenvalue weighted by Crippen LogP contribution is -2.61. The minimum Gasteiger partial charge on any atom is -0.383 e. The number of hydrogen-bond acceptors (Lipinski definition) is 3. The molecule has 3 heteroatoms. The van der Waals surface area contributed by atoms with Gasteiger partial charge in [-0.2, -0.15) is 0 Å². The first kappa shape index (κ1) is 15.9. The van der Waals surface area contributed by atoms with Crippen LogP contribution in [0.2, 0.25) is 0 Å². The molecule has 0 heterocycles. The van der Waals surface area contributed by atoms with Crippen LogP contribution in [0.4, 0.5) is 0 Å². The third-order valence-corrected chi connectivity index (χ3v) is 4.49. The molecule has 0 aromatic rings. The van der Waals surface area contributed by atoms with Gasteiger partial charge in [-0.15, -0.1) is 0 Å². The van der Waals surface area contributed by atoms with Crippen molar-refractivity contribution in [1.82, 2.24) is 10.2 Å². The Balaban J connectivity index is 2.83. The third-order valence-electron chi connectivity index (χ3n) is 4.49. The fourth-order valence-electron chi connectivity index (χ4n) is 3.61. The van der Waals surface area contributed by atoms with Gasteiger partial charge >= 0.3 is 0 Å². The number of ether oxygens (including phenoxy) is 1. The summed E-state index contributed by atoms with van der Waals surface area (Å²) in [6.07, 6.45) is 6.56. The molecule has 0 saturated heterocycles. The lowest BCUT2D eigenvalue weighted by Gasteiger charge is -2.46. The lowest BCUT2D eigenvalue weighted by atomic mass is 9.86. The van der Waals surface area contributed by atoms with Gasteiger partial charge in [0.25, 0.3) is 0 Å². The largest absolute Gasteiger partial charge is 0.383 e. The molecule has 1 N–H and O–H groups in total. The minimum absolute atomic E-state index is 0.328. The summed E-state index contributed by atoms with van der Waals surface area (Å²) in [5.74, 6) is 0. The van der Waals surface area contributed by atoms with Crippen molar-refractivity contribution in [2.45, 2.75) is 64.5 Å². The van der Waals surface area contributed by atoms with E-state index >= 15 is 0 Å². The van der Waals surface area contributed by atoms with Crippen LogP contribution in [-0.4, -0.2) is 49.8 Å². The number of hydrogen-bond donors (Lipinski definition) is 1. The van der Waals surface area contributed by atoms with Crippen LogP contribution in [0, 0.1) is 0 Å². The smallest absolute Gasteiger partial charge is 0.0633 e. The summed E-state index contributed by atoms with van der Waals surface area (Å²) in [4.78, 5) is 2.66. The summed E-state index contributed by atoms with van der Waals surface area (Å²) in [6, 6.07) is 0.477. The summed E-state index contributed by atoms with van der Waals surface area (Å²) in [5.41, 5.74) is 0.328. The third kappa shape index (κ3) is 3.46. The van der Waals surface area contributed by atoms with E-state index in [0.29, 0.717) is 11.6 Å². The van der Waals surface area contributed by atoms with Gasteiger partial charge in [-0.25, -0.2) is 0 Å². The van der Waals surface area contributed by atoms with Crippen molar-refractivity contribution in [2.24, 2.45) is 0 Å². The topological polar surface area (TPSA) is 24.5 Å². The minimum atomic E-state index is 0.328. The Bertz CT molecular complexity index is 211. The van der Waals surface area contributed by atoms with Crippen molar-refractivity contribution >= 4 is 0 Å². The van der Waals surface area contributed by atoms with Crippen LogP contribution in [0.15, 0.2) is 0 Å². The second kappa shape index (κ2) is 8.13. The van der Waals surface area contributed by atoms with E-state index in [1.165, 1.54) is 32.1 Å². The molecule has 1 aliphatic carbocycles. The van der Waals surface area contributed by atoms with E-state index in [0.717, 1.165) is 26.2 Å². The fraction of sp³-hybridized carbons (Fsp3) is 1.00. The van der Waals surface area contributed by atoms with Crippen LogP contribution in [0.3, 0.4) is 0 Å². The monoisotopic (exact) mass is 256 g/mol. The molecular formula is C15H32N2O. The highest BCUT2D eigenvalue weighted by Gasteiger charge is 2.44. The van der Waals surface area contributed by atoms with Crippen molar-refractivity contribution in [3.8, 4) is 0 Å². The SMILES string of the molecule is CCCNC(COC)C1(N(CC)CC)CCCC1. The number of likely N-dealkylation sites (N-methyl/N-ethyl adjacent to an activating group) is 1. The predicted octanol–water partition coefficient (Wildman–Crippen LogP) is 2.66. The molecule has 1 saturated carbocycles. The molecule has 108 valence electrons. The molecule has 0 aromatic carbocycles. The van der Waals surface area contributed by atoms with Gasteiger partial charge in [0, 0.05) is 18.7 Å². The summed E-state index contributed by atoms with van der Waals surface area (Å²) < 4.78 is 5.49. The maximum Gasteiger partial charge on any atom is 0.0633 e. The summed E-state index contributed by atoms with van der Waals surface area (Å²) >= 11 is 0. The van der Waals surface area contributed by atoms with Crippen LogP contribution in [0.25, 0.3) is 0 Å². The van der Waals surface area contributed by atoms with Gasteiger partial charge in [0.05, 0.1) is 6.61 Å². The quantitative estimate of drug-likeness (QED) is 0.686. The van der Waals surface area contributed by atoms with Gasteiger partial charge in [-0.1, -0.05) is 33.6 Å². The van der Waals surface area contributed by atoms with Gasteiger partial charge in [0.15, 0.2) is 0 Å². The molecule has 0 amide bonds. The second-order valence-electron chi connectivity index (χ2n) is 5.45. The maximum atomic E-state index is 5.49. The highest BCUT2D eigenvalue weighted by molar-refractivity contribution is 5.03. The van der Waals surface area contributed by atoms with E-state index < -0.39 is 0 Å². The molecule has 1 atom stereocenters. The standard InChI is InChI=1S/C15H32N2O/c1-5-12-16-14(13-18-4)15(10-8-9-11-15)17(6-2)7-3/h14,16H,5-13H2,1-4H3. The van der Waals surface area contributed by atoms with Gasteiger partial charge in [-0.05, 0) is 38.9 Å². The second-order valence-corrected chi connectivity index (χ2v) is 5.45. The molecule has 1 unspecified atom stereocenters. The van der Waals surface area contributed by atoms with Crippen molar-refractivity contribution in [1.29, 1.82) is 0 Å². The predicted molar refractivity (Wildman–Crippen MR) is 78.1 cm³/mol. The zero-order chi connectivity index (χ0) is 13.4. The zero-order valence-electron chi connectivity index (χ0n) is 12.8. The number of methoxy groups -OCH3 is 1. The van der Waals surface area contributed by atoms with E-state index in [4.69, 9.17) is 4.74 Å². The zero-order valence-corrected chi connectivity index (χ0v) is 12.8. The highest BCUT2D eigenvalue weighted by Crippen LogP contribution is 2.38. The average Bonchev–Trinajstić information content (AvgIpc) is 2.86.